The van der Waals surface area contributed by atoms with Gasteiger partial charge in [-0.15, -0.1) is 0 Å². The Hall–Kier alpha value is -2.57. The molecule has 126 valence electrons. The summed E-state index contributed by atoms with van der Waals surface area (Å²) in [7, 11) is 0. The molecule has 1 unspecified atom stereocenters. The van der Waals surface area contributed by atoms with Crippen LogP contribution >= 0.6 is 0 Å². The monoisotopic (exact) mass is 332 g/mol. The second-order valence-electron chi connectivity index (χ2n) is 6.04. The third-order valence-corrected chi connectivity index (χ3v) is 4.02. The van der Waals surface area contributed by atoms with Crippen molar-refractivity contribution in [3.63, 3.8) is 0 Å². The van der Waals surface area contributed by atoms with Crippen molar-refractivity contribution >= 4 is 17.5 Å². The van der Waals surface area contributed by atoms with Crippen molar-refractivity contribution in [2.75, 3.05) is 23.3 Å². The van der Waals surface area contributed by atoms with E-state index >= 15 is 0 Å². The summed E-state index contributed by atoms with van der Waals surface area (Å²) in [5.41, 5.74) is 0.128. The molecule has 1 amide bonds. The first-order valence-corrected chi connectivity index (χ1v) is 7.86. The number of halogens is 2. The molecule has 24 heavy (non-hydrogen) atoms. The summed E-state index contributed by atoms with van der Waals surface area (Å²) in [6.07, 6.45) is 5.12. The average molecular weight is 332 g/mol. The Morgan fingerprint density at radius 1 is 1.29 bits per heavy atom. The van der Waals surface area contributed by atoms with Crippen LogP contribution in [0.2, 0.25) is 0 Å². The molecule has 1 aromatic heterocycles. The van der Waals surface area contributed by atoms with Gasteiger partial charge >= 0.3 is 0 Å². The minimum absolute atomic E-state index is 0.0877. The molecule has 1 N–H and O–H groups in total. The van der Waals surface area contributed by atoms with Gasteiger partial charge in [0.05, 0.1) is 11.3 Å². The van der Waals surface area contributed by atoms with E-state index in [-0.39, 0.29) is 11.3 Å². The number of nitrogens with zero attached hydrogens (tertiary/aromatic N) is 3. The summed E-state index contributed by atoms with van der Waals surface area (Å²) in [5.74, 6) is -0.894. The van der Waals surface area contributed by atoms with Crippen LogP contribution in [0, 0.1) is 17.6 Å². The molecule has 1 aliphatic rings. The molecule has 0 aliphatic carbocycles. The number of anilines is 2. The lowest BCUT2D eigenvalue weighted by Crippen LogP contribution is -2.35. The molecule has 1 atom stereocenters. The first kappa shape index (κ1) is 16.3. The van der Waals surface area contributed by atoms with E-state index in [0.29, 0.717) is 17.9 Å². The second-order valence-corrected chi connectivity index (χ2v) is 6.04. The predicted molar refractivity (Wildman–Crippen MR) is 87.0 cm³/mol. The highest BCUT2D eigenvalue weighted by Crippen LogP contribution is 2.20. The third kappa shape index (κ3) is 3.67. The van der Waals surface area contributed by atoms with Gasteiger partial charge in [-0.2, -0.15) is 0 Å². The molecule has 0 spiro atoms. The number of nitrogens with one attached hydrogen (secondary N) is 1. The SMILES string of the molecule is CC1CCCN(c2ncc(C(=O)Nc3ccc(F)cc3F)cn2)C1. The minimum atomic E-state index is -0.830. The second kappa shape index (κ2) is 6.90. The highest BCUT2D eigenvalue weighted by Gasteiger charge is 2.19. The number of carbonyl (C=O) groups is 1. The van der Waals surface area contributed by atoms with E-state index in [4.69, 9.17) is 0 Å². The number of amides is 1. The highest BCUT2D eigenvalue weighted by molar-refractivity contribution is 6.03. The number of benzene rings is 1. The Morgan fingerprint density at radius 2 is 2.04 bits per heavy atom. The number of piperidine rings is 1. The van der Waals surface area contributed by atoms with Crippen molar-refractivity contribution in [3.8, 4) is 0 Å². The Kier molecular flexibility index (Phi) is 4.69. The molecule has 2 aromatic rings. The van der Waals surface area contributed by atoms with Crippen molar-refractivity contribution in [2.45, 2.75) is 19.8 Å². The van der Waals surface area contributed by atoms with Crippen LogP contribution in [0.4, 0.5) is 20.4 Å². The highest BCUT2D eigenvalue weighted by atomic mass is 19.1. The largest absolute Gasteiger partial charge is 0.341 e. The van der Waals surface area contributed by atoms with Crippen LogP contribution in [0.25, 0.3) is 0 Å². The lowest BCUT2D eigenvalue weighted by molar-refractivity contribution is 0.102. The molecule has 0 radical (unpaired) electrons. The first-order chi connectivity index (χ1) is 11.5. The summed E-state index contributed by atoms with van der Waals surface area (Å²) in [6.45, 7) is 3.98. The van der Waals surface area contributed by atoms with Crippen molar-refractivity contribution in [1.29, 1.82) is 0 Å². The third-order valence-electron chi connectivity index (χ3n) is 4.02. The molecule has 1 fully saturated rings. The topological polar surface area (TPSA) is 58.1 Å². The fourth-order valence-corrected chi connectivity index (χ4v) is 2.76. The van der Waals surface area contributed by atoms with Gasteiger partial charge in [0.1, 0.15) is 11.6 Å². The van der Waals surface area contributed by atoms with Crippen molar-refractivity contribution < 1.29 is 13.6 Å². The van der Waals surface area contributed by atoms with Crippen molar-refractivity contribution in [3.05, 3.63) is 47.8 Å². The first-order valence-electron chi connectivity index (χ1n) is 7.86. The van der Waals surface area contributed by atoms with E-state index in [0.717, 1.165) is 25.6 Å². The standard InChI is InChI=1S/C17H18F2N4O/c1-11-3-2-6-23(10-11)17-20-8-12(9-21-17)16(24)22-15-5-4-13(18)7-14(15)19/h4-5,7-9,11H,2-3,6,10H2,1H3,(H,22,24). The predicted octanol–water partition coefficient (Wildman–Crippen LogP) is 3.24. The number of carbonyl (C=O) groups excluding carboxylic acids is 1. The average Bonchev–Trinajstić information content (AvgIpc) is 2.57. The molecular formula is C17H18F2N4O. The Bertz CT molecular complexity index is 736. The van der Waals surface area contributed by atoms with E-state index < -0.39 is 17.5 Å². The maximum atomic E-state index is 13.6. The fraction of sp³-hybridized carbons (Fsp3) is 0.353. The molecule has 1 saturated heterocycles. The maximum Gasteiger partial charge on any atom is 0.258 e. The Balaban J connectivity index is 1.69. The molecule has 0 saturated carbocycles. The van der Waals surface area contributed by atoms with E-state index in [1.807, 2.05) is 0 Å². The molecule has 3 rings (SSSR count). The van der Waals surface area contributed by atoms with Crippen LogP contribution in [0.5, 0.6) is 0 Å². The molecule has 0 bridgehead atoms. The van der Waals surface area contributed by atoms with E-state index in [1.165, 1.54) is 24.9 Å². The van der Waals surface area contributed by atoms with Gasteiger partial charge in [-0.25, -0.2) is 18.7 Å². The van der Waals surface area contributed by atoms with Gasteiger partial charge in [0.25, 0.3) is 5.91 Å². The van der Waals surface area contributed by atoms with Crippen LogP contribution in [-0.2, 0) is 0 Å². The lowest BCUT2D eigenvalue weighted by Gasteiger charge is -2.30. The van der Waals surface area contributed by atoms with Crippen LogP contribution in [0.15, 0.2) is 30.6 Å². The normalized spacial score (nSPS) is 17.6. The molecule has 5 nitrogen and oxygen atoms in total. The fourth-order valence-electron chi connectivity index (χ4n) is 2.76. The summed E-state index contributed by atoms with van der Waals surface area (Å²) >= 11 is 0. The number of hydrogen-bond donors (Lipinski definition) is 1. The number of aromatic nitrogens is 2. The molecular weight excluding hydrogens is 314 g/mol. The van der Waals surface area contributed by atoms with Gasteiger partial charge in [0, 0.05) is 31.5 Å². The van der Waals surface area contributed by atoms with Gasteiger partial charge in [0.15, 0.2) is 0 Å². The summed E-state index contributed by atoms with van der Waals surface area (Å²) in [4.78, 5) is 22.7. The molecule has 1 aromatic carbocycles. The Morgan fingerprint density at radius 3 is 2.71 bits per heavy atom. The number of rotatable bonds is 3. The molecule has 1 aliphatic heterocycles. The van der Waals surface area contributed by atoms with E-state index in [1.54, 1.807) is 0 Å². The zero-order chi connectivity index (χ0) is 17.1. The van der Waals surface area contributed by atoms with Gasteiger partial charge < -0.3 is 10.2 Å². The zero-order valence-electron chi connectivity index (χ0n) is 13.3. The zero-order valence-corrected chi connectivity index (χ0v) is 13.3. The van der Waals surface area contributed by atoms with Crippen LogP contribution in [-0.4, -0.2) is 29.0 Å². The number of hydrogen-bond acceptors (Lipinski definition) is 4. The van der Waals surface area contributed by atoms with Crippen LogP contribution < -0.4 is 10.2 Å². The quantitative estimate of drug-likeness (QED) is 0.937. The van der Waals surface area contributed by atoms with Crippen LogP contribution in [0.3, 0.4) is 0 Å². The van der Waals surface area contributed by atoms with Crippen LogP contribution in [0.1, 0.15) is 30.1 Å². The molecule has 7 heteroatoms. The maximum absolute atomic E-state index is 13.6. The van der Waals surface area contributed by atoms with Crippen molar-refractivity contribution in [2.24, 2.45) is 5.92 Å². The van der Waals surface area contributed by atoms with E-state index in [9.17, 15) is 13.6 Å². The van der Waals surface area contributed by atoms with Gasteiger partial charge in [-0.1, -0.05) is 6.92 Å². The van der Waals surface area contributed by atoms with Crippen molar-refractivity contribution in [1.82, 2.24) is 9.97 Å². The lowest BCUT2D eigenvalue weighted by atomic mass is 10.0. The Labute approximate surface area is 138 Å². The summed E-state index contributed by atoms with van der Waals surface area (Å²) < 4.78 is 26.5. The minimum Gasteiger partial charge on any atom is -0.341 e. The molecule has 2 heterocycles. The van der Waals surface area contributed by atoms with Gasteiger partial charge in [-0.3, -0.25) is 4.79 Å². The summed E-state index contributed by atoms with van der Waals surface area (Å²) in [5, 5.41) is 2.39. The smallest absolute Gasteiger partial charge is 0.258 e. The van der Waals surface area contributed by atoms with E-state index in [2.05, 4.69) is 27.1 Å². The summed E-state index contributed by atoms with van der Waals surface area (Å²) in [6, 6.07) is 2.97. The van der Waals surface area contributed by atoms with Gasteiger partial charge in [-0.05, 0) is 30.9 Å². The van der Waals surface area contributed by atoms with Gasteiger partial charge in [0.2, 0.25) is 5.95 Å².